The molecule has 10 nitrogen and oxygen atoms in total. The van der Waals surface area contributed by atoms with Crippen LogP contribution in [-0.4, -0.2) is 43.9 Å². The van der Waals surface area contributed by atoms with Gasteiger partial charge >= 0.3 is 17.6 Å². The molecule has 1 unspecified atom stereocenters. The van der Waals surface area contributed by atoms with E-state index in [0.717, 1.165) is 0 Å². The molecule has 11 heteroatoms. The first-order valence-electron chi connectivity index (χ1n) is 12.9. The first kappa shape index (κ1) is 28.6. The van der Waals surface area contributed by atoms with E-state index in [-0.39, 0.29) is 25.0 Å². The third kappa shape index (κ3) is 6.18. The monoisotopic (exact) mass is 588 g/mol. The van der Waals surface area contributed by atoms with Gasteiger partial charge in [-0.3, -0.25) is 14.4 Å². The molecule has 0 radical (unpaired) electrons. The first-order valence-corrected chi connectivity index (χ1v) is 13.3. The molecule has 0 aliphatic carbocycles. The van der Waals surface area contributed by atoms with Gasteiger partial charge in [-0.25, -0.2) is 9.79 Å². The lowest BCUT2D eigenvalue weighted by atomic mass is 10.0. The molecule has 1 atom stereocenters. The molecule has 5 rings (SSSR count). The molecule has 0 fully saturated rings. The van der Waals surface area contributed by atoms with Crippen LogP contribution >= 0.6 is 11.6 Å². The summed E-state index contributed by atoms with van der Waals surface area (Å²) in [5.41, 5.74) is 2.41. The Kier molecular flexibility index (Phi) is 8.35. The lowest BCUT2D eigenvalue weighted by Gasteiger charge is -2.20. The average molecular weight is 589 g/mol. The van der Waals surface area contributed by atoms with Crippen molar-refractivity contribution in [2.24, 2.45) is 4.99 Å². The Balaban J connectivity index is 1.27. The normalized spacial score (nSPS) is 14.5. The summed E-state index contributed by atoms with van der Waals surface area (Å²) < 4.78 is 21.1. The largest absolute Gasteiger partial charge is 0.497 e. The van der Waals surface area contributed by atoms with Gasteiger partial charge in [-0.15, -0.1) is 0 Å². The average Bonchev–Trinajstić information content (AvgIpc) is 3.09. The van der Waals surface area contributed by atoms with Crippen molar-refractivity contribution in [2.45, 2.75) is 25.7 Å². The fourth-order valence-corrected chi connectivity index (χ4v) is 4.67. The predicted molar refractivity (Wildman–Crippen MR) is 155 cm³/mol. The molecule has 42 heavy (non-hydrogen) atoms. The van der Waals surface area contributed by atoms with Crippen molar-refractivity contribution in [3.8, 4) is 5.75 Å². The lowest BCUT2D eigenvalue weighted by molar-refractivity contribution is -0.157. The van der Waals surface area contributed by atoms with Crippen LogP contribution in [0, 0.1) is 0 Å². The highest BCUT2D eigenvalue weighted by molar-refractivity contribution is 6.32. The van der Waals surface area contributed by atoms with Crippen molar-refractivity contribution in [3.63, 3.8) is 0 Å². The number of anilines is 1. The number of rotatable bonds is 8. The molecule has 214 valence electrons. The Morgan fingerprint density at radius 1 is 0.976 bits per heavy atom. The number of benzene rings is 3. The van der Waals surface area contributed by atoms with Crippen LogP contribution < -0.4 is 15.3 Å². The Morgan fingerprint density at radius 3 is 2.50 bits per heavy atom. The number of amides is 1. The summed E-state index contributed by atoms with van der Waals surface area (Å²) in [6.07, 6.45) is -2.14. The number of methoxy groups -OCH3 is 1. The number of hydrogen-bond donors (Lipinski definition) is 0. The zero-order valence-corrected chi connectivity index (χ0v) is 23.4. The van der Waals surface area contributed by atoms with E-state index in [1.807, 2.05) is 30.3 Å². The summed E-state index contributed by atoms with van der Waals surface area (Å²) >= 11 is 6.26. The molecule has 2 heterocycles. The summed E-state index contributed by atoms with van der Waals surface area (Å²) in [5, 5.41) is 1.03. The molecule has 3 aromatic carbocycles. The summed E-state index contributed by atoms with van der Waals surface area (Å²) in [7, 11) is 3.05. The van der Waals surface area contributed by atoms with E-state index in [2.05, 4.69) is 4.99 Å². The molecule has 4 aromatic rings. The number of fused-ring (bicyclic) bond motifs is 2. The number of hydrogen-bond acceptors (Lipinski definition) is 9. The van der Waals surface area contributed by atoms with Crippen LogP contribution in [0.1, 0.15) is 29.5 Å². The maximum absolute atomic E-state index is 13.3. The van der Waals surface area contributed by atoms with E-state index in [1.54, 1.807) is 43.4 Å². The smallest absolute Gasteiger partial charge is 0.336 e. The van der Waals surface area contributed by atoms with Crippen molar-refractivity contribution in [2.75, 3.05) is 19.1 Å². The van der Waals surface area contributed by atoms with Gasteiger partial charge in [0.25, 0.3) is 12.1 Å². The minimum Gasteiger partial charge on any atom is -0.497 e. The van der Waals surface area contributed by atoms with E-state index in [9.17, 15) is 19.2 Å². The topological polar surface area (TPSA) is 125 Å². The van der Waals surface area contributed by atoms with Gasteiger partial charge in [0.1, 0.15) is 17.9 Å². The molecule has 0 spiro atoms. The van der Waals surface area contributed by atoms with Crippen LogP contribution in [0.25, 0.3) is 11.0 Å². The number of aliphatic imine (C=N–C) groups is 1. The maximum atomic E-state index is 13.3. The number of carbonyl (C=O) groups is 3. The Morgan fingerprint density at radius 2 is 1.74 bits per heavy atom. The lowest BCUT2D eigenvalue weighted by Crippen LogP contribution is -2.37. The van der Waals surface area contributed by atoms with Gasteiger partial charge in [0.2, 0.25) is 0 Å². The molecule has 1 aromatic heterocycles. The van der Waals surface area contributed by atoms with Gasteiger partial charge in [-0.05, 0) is 30.3 Å². The van der Waals surface area contributed by atoms with Crippen molar-refractivity contribution < 1.29 is 33.0 Å². The minimum atomic E-state index is -1.48. The molecule has 0 saturated heterocycles. The molecular formula is C31H25ClN2O8. The SMILES string of the molecule is COc1ccc2c(COC(=O)CCC(=O)OC3N=C(c4ccccc4)c4cc(Cl)ccc4N(C)C3=O)cc(=O)oc2c1. The summed E-state index contributed by atoms with van der Waals surface area (Å²) in [4.78, 5) is 56.3. The number of carbonyl (C=O) groups excluding carboxylic acids is 3. The van der Waals surface area contributed by atoms with Crippen LogP contribution in [0.2, 0.25) is 5.02 Å². The Labute approximate surface area is 245 Å². The fraction of sp³-hybridized carbons (Fsp3) is 0.194. The highest BCUT2D eigenvalue weighted by Gasteiger charge is 2.33. The van der Waals surface area contributed by atoms with Crippen molar-refractivity contribution in [3.05, 3.63) is 105 Å². The maximum Gasteiger partial charge on any atom is 0.336 e. The van der Waals surface area contributed by atoms with Gasteiger partial charge in [0.15, 0.2) is 0 Å². The minimum absolute atomic E-state index is 0.209. The van der Waals surface area contributed by atoms with Crippen LogP contribution in [0.5, 0.6) is 5.75 Å². The highest BCUT2D eigenvalue weighted by atomic mass is 35.5. The third-order valence-electron chi connectivity index (χ3n) is 6.61. The van der Waals surface area contributed by atoms with Crippen LogP contribution in [-0.2, 0) is 30.5 Å². The summed E-state index contributed by atoms with van der Waals surface area (Å²) in [6.45, 7) is -0.209. The number of ether oxygens (including phenoxy) is 3. The quantitative estimate of drug-likeness (QED) is 0.215. The number of esters is 2. The number of halogens is 1. The zero-order valence-electron chi connectivity index (χ0n) is 22.7. The standard InChI is InChI=1S/C31H25ClN2O8/c1-34-24-11-8-20(32)15-23(24)29(18-6-4-3-5-7-18)33-30(31(34)38)42-27(36)13-12-26(35)40-17-19-14-28(37)41-25-16-21(39-2)9-10-22(19)25/h3-11,14-16,30H,12-13,17H2,1-2H3. The highest BCUT2D eigenvalue weighted by Crippen LogP contribution is 2.30. The number of nitrogens with zero attached hydrogens (tertiary/aromatic N) is 2. The predicted octanol–water partition coefficient (Wildman–Crippen LogP) is 4.66. The Hall–Kier alpha value is -4.96. The van der Waals surface area contributed by atoms with Gasteiger partial charge in [-0.1, -0.05) is 41.9 Å². The van der Waals surface area contributed by atoms with Crippen molar-refractivity contribution in [1.29, 1.82) is 0 Å². The molecule has 1 aliphatic heterocycles. The molecular weight excluding hydrogens is 564 g/mol. The fourth-order valence-electron chi connectivity index (χ4n) is 4.49. The van der Waals surface area contributed by atoms with Crippen LogP contribution in [0.3, 0.4) is 0 Å². The summed E-state index contributed by atoms with van der Waals surface area (Å²) in [6, 6.07) is 20.4. The van der Waals surface area contributed by atoms with Gasteiger partial charge in [-0.2, -0.15) is 0 Å². The van der Waals surface area contributed by atoms with Gasteiger partial charge in [0.05, 0.1) is 31.4 Å². The second kappa shape index (κ2) is 12.3. The molecule has 1 aliphatic rings. The van der Waals surface area contributed by atoms with Crippen molar-refractivity contribution in [1.82, 2.24) is 0 Å². The van der Waals surface area contributed by atoms with E-state index in [0.29, 0.717) is 44.2 Å². The van der Waals surface area contributed by atoms with Gasteiger partial charge in [0, 0.05) is 46.3 Å². The molecule has 0 bridgehead atoms. The second-order valence-electron chi connectivity index (χ2n) is 9.36. The number of likely N-dealkylation sites (N-methyl/N-ethyl adjacent to an activating group) is 1. The van der Waals surface area contributed by atoms with E-state index in [1.165, 1.54) is 18.1 Å². The zero-order chi connectivity index (χ0) is 29.8. The first-order chi connectivity index (χ1) is 20.2. The summed E-state index contributed by atoms with van der Waals surface area (Å²) in [5.74, 6) is -1.56. The van der Waals surface area contributed by atoms with Crippen LogP contribution in [0.4, 0.5) is 5.69 Å². The van der Waals surface area contributed by atoms with Gasteiger partial charge < -0.3 is 23.5 Å². The van der Waals surface area contributed by atoms with E-state index in [4.69, 9.17) is 30.2 Å². The Bertz CT molecular complexity index is 1770. The number of benzodiazepines with no additional fused rings is 1. The molecule has 0 N–H and O–H groups in total. The molecule has 0 saturated carbocycles. The third-order valence-corrected chi connectivity index (χ3v) is 6.85. The van der Waals surface area contributed by atoms with Crippen molar-refractivity contribution >= 4 is 51.8 Å². The second-order valence-corrected chi connectivity index (χ2v) is 9.79. The molecule has 1 amide bonds. The van der Waals surface area contributed by atoms with E-state index < -0.39 is 29.7 Å². The van der Waals surface area contributed by atoms with Crippen LogP contribution in [0.15, 0.2) is 87.0 Å². The van der Waals surface area contributed by atoms with E-state index >= 15 is 0 Å².